The standard InChI is InChI=1S/C18H17F2N3O5S/c19-13-4-3-5-14(20)17(13)23-16-7-2-1-6-15(16)22(29(23,26)27)11-12-10-21(18(24)25)8-9-28-12/h1-7,12H,8-11H2,(H,24,25). The quantitative estimate of drug-likeness (QED) is 0.816. The maximum atomic E-state index is 14.4. The molecule has 2 aliphatic rings. The Labute approximate surface area is 165 Å². The molecule has 8 nitrogen and oxygen atoms in total. The molecule has 0 aliphatic carbocycles. The fraction of sp³-hybridized carbons (Fsp3) is 0.278. The summed E-state index contributed by atoms with van der Waals surface area (Å²) in [7, 11) is -4.38. The van der Waals surface area contributed by atoms with Gasteiger partial charge < -0.3 is 14.7 Å². The summed E-state index contributed by atoms with van der Waals surface area (Å²) in [5.41, 5.74) is -0.368. The van der Waals surface area contributed by atoms with Gasteiger partial charge in [-0.15, -0.1) is 0 Å². The van der Waals surface area contributed by atoms with Crippen LogP contribution in [0.25, 0.3) is 0 Å². The average molecular weight is 425 g/mol. The minimum absolute atomic E-state index is 0.0163. The maximum Gasteiger partial charge on any atom is 0.407 e. The Bertz CT molecular complexity index is 1040. The predicted molar refractivity (Wildman–Crippen MR) is 101 cm³/mol. The SMILES string of the molecule is O=C(O)N1CCOC(CN2c3ccccc3N(c3c(F)cccc3F)S2(=O)=O)C1. The van der Waals surface area contributed by atoms with E-state index >= 15 is 0 Å². The first kappa shape index (κ1) is 19.4. The number of carboxylic acid groups (broad SMARTS) is 1. The summed E-state index contributed by atoms with van der Waals surface area (Å²) in [5, 5.41) is 9.18. The lowest BCUT2D eigenvalue weighted by Crippen LogP contribution is -2.50. The zero-order chi connectivity index (χ0) is 20.8. The molecule has 0 saturated carbocycles. The van der Waals surface area contributed by atoms with E-state index in [4.69, 9.17) is 4.74 Å². The highest BCUT2D eigenvalue weighted by atomic mass is 32.2. The third-order valence-corrected chi connectivity index (χ3v) is 6.54. The zero-order valence-corrected chi connectivity index (χ0v) is 15.8. The number of amides is 1. The topological polar surface area (TPSA) is 90.4 Å². The lowest BCUT2D eigenvalue weighted by atomic mass is 10.2. The van der Waals surface area contributed by atoms with Gasteiger partial charge in [-0.2, -0.15) is 8.42 Å². The molecule has 11 heteroatoms. The van der Waals surface area contributed by atoms with E-state index in [1.807, 2.05) is 0 Å². The van der Waals surface area contributed by atoms with E-state index in [2.05, 4.69) is 0 Å². The first-order valence-corrected chi connectivity index (χ1v) is 10.2. The number of anilines is 3. The molecule has 2 aliphatic heterocycles. The van der Waals surface area contributed by atoms with Gasteiger partial charge in [-0.05, 0) is 24.3 Å². The van der Waals surface area contributed by atoms with E-state index in [9.17, 15) is 27.1 Å². The van der Waals surface area contributed by atoms with Gasteiger partial charge in [-0.3, -0.25) is 0 Å². The fourth-order valence-corrected chi connectivity index (χ4v) is 5.26. The molecule has 4 rings (SSSR count). The fourth-order valence-electron chi connectivity index (χ4n) is 3.49. The molecule has 1 atom stereocenters. The molecular weight excluding hydrogens is 408 g/mol. The van der Waals surface area contributed by atoms with Gasteiger partial charge in [0, 0.05) is 6.54 Å². The number of hydrogen-bond donors (Lipinski definition) is 1. The van der Waals surface area contributed by atoms with Gasteiger partial charge in [-0.25, -0.2) is 22.2 Å². The van der Waals surface area contributed by atoms with E-state index < -0.39 is 39.7 Å². The van der Waals surface area contributed by atoms with Crippen molar-refractivity contribution in [2.24, 2.45) is 0 Å². The first-order chi connectivity index (χ1) is 13.8. The highest BCUT2D eigenvalue weighted by Crippen LogP contribution is 2.46. The number of fused-ring (bicyclic) bond motifs is 1. The summed E-state index contributed by atoms with van der Waals surface area (Å²) in [6.07, 6.45) is -1.86. The zero-order valence-electron chi connectivity index (χ0n) is 15.0. The number of rotatable bonds is 3. The van der Waals surface area contributed by atoms with Crippen molar-refractivity contribution in [2.45, 2.75) is 6.10 Å². The van der Waals surface area contributed by atoms with Gasteiger partial charge in [0.1, 0.15) is 5.69 Å². The number of para-hydroxylation sites is 3. The molecule has 0 radical (unpaired) electrons. The Hall–Kier alpha value is -2.92. The second-order valence-electron chi connectivity index (χ2n) is 6.58. The summed E-state index contributed by atoms with van der Waals surface area (Å²) in [4.78, 5) is 12.4. The summed E-state index contributed by atoms with van der Waals surface area (Å²) < 4.78 is 62.5. The van der Waals surface area contributed by atoms with Crippen LogP contribution < -0.4 is 8.61 Å². The van der Waals surface area contributed by atoms with Crippen LogP contribution in [0, 0.1) is 11.6 Å². The summed E-state index contributed by atoms with van der Waals surface area (Å²) in [6.45, 7) is 0.0904. The third kappa shape index (κ3) is 3.25. The van der Waals surface area contributed by atoms with Crippen molar-refractivity contribution in [2.75, 3.05) is 34.9 Å². The van der Waals surface area contributed by atoms with Crippen molar-refractivity contribution >= 4 is 33.4 Å². The van der Waals surface area contributed by atoms with E-state index in [0.29, 0.717) is 4.31 Å². The van der Waals surface area contributed by atoms with Crippen LogP contribution in [-0.4, -0.2) is 56.9 Å². The molecule has 0 bridgehead atoms. The Kier molecular flexibility index (Phi) is 4.79. The largest absolute Gasteiger partial charge is 0.465 e. The maximum absolute atomic E-state index is 14.4. The smallest absolute Gasteiger partial charge is 0.407 e. The second-order valence-corrected chi connectivity index (χ2v) is 8.29. The Morgan fingerprint density at radius 1 is 1.10 bits per heavy atom. The van der Waals surface area contributed by atoms with Gasteiger partial charge in [0.05, 0.1) is 37.2 Å². The lowest BCUT2D eigenvalue weighted by molar-refractivity contribution is -0.0161. The Morgan fingerprint density at radius 3 is 2.41 bits per heavy atom. The molecule has 29 heavy (non-hydrogen) atoms. The molecule has 2 aromatic carbocycles. The number of morpholine rings is 1. The lowest BCUT2D eigenvalue weighted by Gasteiger charge is -2.33. The molecule has 2 aromatic rings. The Balaban J connectivity index is 1.74. The van der Waals surface area contributed by atoms with Crippen molar-refractivity contribution in [3.8, 4) is 0 Å². The van der Waals surface area contributed by atoms with Crippen molar-refractivity contribution in [3.63, 3.8) is 0 Å². The molecule has 0 aromatic heterocycles. The van der Waals surface area contributed by atoms with Crippen molar-refractivity contribution in [3.05, 3.63) is 54.1 Å². The summed E-state index contributed by atoms with van der Waals surface area (Å²) in [5.74, 6) is -2.03. The van der Waals surface area contributed by atoms with E-state index in [-0.39, 0.29) is 37.6 Å². The molecule has 2 heterocycles. The van der Waals surface area contributed by atoms with E-state index in [0.717, 1.165) is 27.4 Å². The molecule has 154 valence electrons. The van der Waals surface area contributed by atoms with E-state index in [1.54, 1.807) is 12.1 Å². The van der Waals surface area contributed by atoms with Crippen LogP contribution in [0.2, 0.25) is 0 Å². The number of hydrogen-bond acceptors (Lipinski definition) is 4. The van der Waals surface area contributed by atoms with Gasteiger partial charge in [0.15, 0.2) is 11.6 Å². The van der Waals surface area contributed by atoms with Crippen LogP contribution in [0.15, 0.2) is 42.5 Å². The van der Waals surface area contributed by atoms with Crippen LogP contribution in [0.5, 0.6) is 0 Å². The number of benzene rings is 2. The first-order valence-electron chi connectivity index (χ1n) is 8.76. The van der Waals surface area contributed by atoms with Crippen LogP contribution in [0.3, 0.4) is 0 Å². The normalized spacial score (nSPS) is 20.6. The van der Waals surface area contributed by atoms with Gasteiger partial charge in [0.25, 0.3) is 0 Å². The van der Waals surface area contributed by atoms with Crippen molar-refractivity contribution in [1.29, 1.82) is 0 Å². The molecule has 1 unspecified atom stereocenters. The van der Waals surface area contributed by atoms with Gasteiger partial charge >= 0.3 is 16.3 Å². The average Bonchev–Trinajstić information content (AvgIpc) is 2.90. The number of carbonyl (C=O) groups is 1. The highest BCUT2D eigenvalue weighted by Gasteiger charge is 2.44. The second kappa shape index (κ2) is 7.16. The number of nitrogens with zero attached hydrogens (tertiary/aromatic N) is 3. The molecule has 1 fully saturated rings. The summed E-state index contributed by atoms with van der Waals surface area (Å²) in [6, 6.07) is 9.24. The molecule has 1 saturated heterocycles. The molecule has 0 spiro atoms. The van der Waals surface area contributed by atoms with Crippen LogP contribution >= 0.6 is 0 Å². The predicted octanol–water partition coefficient (Wildman–Crippen LogP) is 2.55. The third-order valence-electron chi connectivity index (χ3n) is 4.80. The molecular formula is C18H17F2N3O5S. The number of halogens is 2. The van der Waals surface area contributed by atoms with Gasteiger partial charge in [-0.1, -0.05) is 18.2 Å². The highest BCUT2D eigenvalue weighted by molar-refractivity contribution is 7.95. The minimum atomic E-state index is -4.38. The van der Waals surface area contributed by atoms with Crippen LogP contribution in [0.4, 0.5) is 30.6 Å². The summed E-state index contributed by atoms with van der Waals surface area (Å²) >= 11 is 0. The van der Waals surface area contributed by atoms with Crippen LogP contribution in [-0.2, 0) is 14.9 Å². The minimum Gasteiger partial charge on any atom is -0.465 e. The Morgan fingerprint density at radius 2 is 1.76 bits per heavy atom. The van der Waals surface area contributed by atoms with E-state index in [1.165, 1.54) is 12.1 Å². The molecule has 1 amide bonds. The monoisotopic (exact) mass is 425 g/mol. The van der Waals surface area contributed by atoms with Gasteiger partial charge in [0.2, 0.25) is 0 Å². The van der Waals surface area contributed by atoms with Crippen LogP contribution in [0.1, 0.15) is 0 Å². The van der Waals surface area contributed by atoms with Crippen molar-refractivity contribution in [1.82, 2.24) is 4.90 Å². The number of ether oxygens (including phenoxy) is 1. The van der Waals surface area contributed by atoms with Crippen molar-refractivity contribution < 1.29 is 31.8 Å². The molecule has 1 N–H and O–H groups in total.